The van der Waals surface area contributed by atoms with Crippen molar-refractivity contribution in [3.05, 3.63) is 12.0 Å². The Hall–Kier alpha value is -0.640. The van der Waals surface area contributed by atoms with Gasteiger partial charge < -0.3 is 10.2 Å². The summed E-state index contributed by atoms with van der Waals surface area (Å²) >= 11 is 1.52. The van der Waals surface area contributed by atoms with E-state index in [1.807, 2.05) is 6.26 Å². The lowest BCUT2D eigenvalue weighted by atomic mass is 10.3. The Morgan fingerprint density at radius 2 is 2.30 bits per heavy atom. The minimum absolute atomic E-state index is 0.268. The second-order valence-corrected chi connectivity index (χ2v) is 2.67. The zero-order valence-electron chi connectivity index (χ0n) is 5.70. The van der Waals surface area contributed by atoms with Gasteiger partial charge in [-0.25, -0.2) is 0 Å². The number of hydrogen-bond donors (Lipinski definition) is 2. The van der Waals surface area contributed by atoms with Gasteiger partial charge in [0.15, 0.2) is 5.76 Å². The summed E-state index contributed by atoms with van der Waals surface area (Å²) in [5.74, 6) is -0.317. The lowest BCUT2D eigenvalue weighted by Crippen LogP contribution is -2.02. The van der Waals surface area contributed by atoms with Crippen LogP contribution in [-0.2, 0) is 4.79 Å². The average molecular weight is 162 g/mol. The molecule has 0 atom stereocenters. The molecule has 0 radical (unpaired) electrons. The SMILES string of the molecule is CSCCC(=O)/C(O)=C/O. The van der Waals surface area contributed by atoms with Crippen molar-refractivity contribution in [2.45, 2.75) is 6.42 Å². The zero-order valence-corrected chi connectivity index (χ0v) is 6.52. The molecule has 0 aliphatic heterocycles. The molecule has 0 saturated carbocycles. The van der Waals surface area contributed by atoms with Gasteiger partial charge in [0.1, 0.15) is 6.26 Å². The lowest BCUT2D eigenvalue weighted by molar-refractivity contribution is -0.117. The van der Waals surface area contributed by atoms with Crippen molar-refractivity contribution in [1.29, 1.82) is 0 Å². The number of allylic oxidation sites excluding steroid dienone is 1. The summed E-state index contributed by atoms with van der Waals surface area (Å²) in [4.78, 5) is 10.6. The molecule has 0 heterocycles. The van der Waals surface area contributed by atoms with Gasteiger partial charge in [-0.2, -0.15) is 11.8 Å². The number of aliphatic hydroxyl groups is 2. The van der Waals surface area contributed by atoms with Crippen molar-refractivity contribution in [2.24, 2.45) is 0 Å². The second kappa shape index (κ2) is 5.17. The molecular weight excluding hydrogens is 152 g/mol. The molecule has 0 amide bonds. The number of carbonyl (C=O) groups excluding carboxylic acids is 1. The first-order valence-corrected chi connectivity index (χ1v) is 4.17. The molecule has 0 rings (SSSR count). The van der Waals surface area contributed by atoms with E-state index in [9.17, 15) is 4.79 Å². The monoisotopic (exact) mass is 162 g/mol. The van der Waals surface area contributed by atoms with Crippen LogP contribution in [0.4, 0.5) is 0 Å². The average Bonchev–Trinajstić information content (AvgIpc) is 1.98. The first-order chi connectivity index (χ1) is 4.72. The molecule has 2 N–H and O–H groups in total. The largest absolute Gasteiger partial charge is 0.512 e. The van der Waals surface area contributed by atoms with E-state index in [0.29, 0.717) is 12.0 Å². The maximum Gasteiger partial charge on any atom is 0.201 e. The van der Waals surface area contributed by atoms with Crippen molar-refractivity contribution in [1.82, 2.24) is 0 Å². The predicted molar refractivity (Wildman–Crippen MR) is 41.3 cm³/mol. The summed E-state index contributed by atoms with van der Waals surface area (Å²) < 4.78 is 0. The number of ketones is 1. The Labute approximate surface area is 63.7 Å². The molecule has 58 valence electrons. The molecule has 4 heteroatoms. The van der Waals surface area contributed by atoms with Crippen LogP contribution in [0.3, 0.4) is 0 Å². The highest BCUT2D eigenvalue weighted by Crippen LogP contribution is 2.00. The van der Waals surface area contributed by atoms with E-state index in [4.69, 9.17) is 10.2 Å². The number of thioether (sulfide) groups is 1. The Morgan fingerprint density at radius 3 is 2.70 bits per heavy atom. The van der Waals surface area contributed by atoms with Gasteiger partial charge in [-0.3, -0.25) is 4.79 Å². The highest BCUT2D eigenvalue weighted by molar-refractivity contribution is 7.98. The number of hydrogen-bond acceptors (Lipinski definition) is 4. The van der Waals surface area contributed by atoms with Crippen LogP contribution in [0.15, 0.2) is 12.0 Å². The quantitative estimate of drug-likeness (QED) is 0.482. The minimum atomic E-state index is -0.561. The van der Waals surface area contributed by atoms with Gasteiger partial charge in [0.2, 0.25) is 5.78 Å². The van der Waals surface area contributed by atoms with Crippen LogP contribution in [0, 0.1) is 0 Å². The Kier molecular flexibility index (Phi) is 4.84. The molecule has 3 nitrogen and oxygen atoms in total. The van der Waals surface area contributed by atoms with Gasteiger partial charge in [-0.1, -0.05) is 0 Å². The highest BCUT2D eigenvalue weighted by atomic mass is 32.2. The molecule has 0 unspecified atom stereocenters. The Morgan fingerprint density at radius 1 is 1.70 bits per heavy atom. The third-order valence-corrected chi connectivity index (χ3v) is 1.55. The van der Waals surface area contributed by atoms with E-state index in [1.165, 1.54) is 11.8 Å². The lowest BCUT2D eigenvalue weighted by Gasteiger charge is -1.94. The van der Waals surface area contributed by atoms with Gasteiger partial charge in [0, 0.05) is 12.2 Å². The molecule has 0 spiro atoms. The molecule has 0 aromatic rings. The number of carbonyl (C=O) groups is 1. The van der Waals surface area contributed by atoms with Gasteiger partial charge in [-0.05, 0) is 6.26 Å². The first-order valence-electron chi connectivity index (χ1n) is 2.78. The smallest absolute Gasteiger partial charge is 0.201 e. The highest BCUT2D eigenvalue weighted by Gasteiger charge is 2.05. The number of aliphatic hydroxyl groups excluding tert-OH is 2. The van der Waals surface area contributed by atoms with Crippen LogP contribution in [0.2, 0.25) is 0 Å². The van der Waals surface area contributed by atoms with Crippen molar-refractivity contribution < 1.29 is 15.0 Å². The first kappa shape index (κ1) is 9.36. The molecule has 0 fully saturated rings. The summed E-state index contributed by atoms with van der Waals surface area (Å²) in [6, 6.07) is 0. The molecule has 0 saturated heterocycles. The maximum absolute atomic E-state index is 10.6. The number of Topliss-reactive ketones (excluding diaryl/α,β-unsaturated/α-hetero) is 1. The van der Waals surface area contributed by atoms with Crippen LogP contribution < -0.4 is 0 Å². The van der Waals surface area contributed by atoms with Crippen LogP contribution in [0.5, 0.6) is 0 Å². The number of rotatable bonds is 4. The molecule has 0 bridgehead atoms. The van der Waals surface area contributed by atoms with Crippen molar-refractivity contribution in [2.75, 3.05) is 12.0 Å². The Balaban J connectivity index is 3.63. The van der Waals surface area contributed by atoms with E-state index >= 15 is 0 Å². The van der Waals surface area contributed by atoms with Crippen LogP contribution in [0.25, 0.3) is 0 Å². The third-order valence-electron chi connectivity index (χ3n) is 0.941. The molecule has 0 aromatic carbocycles. The van der Waals surface area contributed by atoms with Gasteiger partial charge in [0.05, 0.1) is 0 Å². The van der Waals surface area contributed by atoms with E-state index in [1.54, 1.807) is 0 Å². The van der Waals surface area contributed by atoms with Crippen LogP contribution >= 0.6 is 11.8 Å². The predicted octanol–water partition coefficient (Wildman–Crippen LogP) is 1.27. The van der Waals surface area contributed by atoms with Crippen molar-refractivity contribution >= 4 is 17.5 Å². The minimum Gasteiger partial charge on any atom is -0.512 e. The van der Waals surface area contributed by atoms with E-state index < -0.39 is 11.5 Å². The molecule has 10 heavy (non-hydrogen) atoms. The third kappa shape index (κ3) is 3.40. The summed E-state index contributed by atoms with van der Waals surface area (Å²) in [5, 5.41) is 16.8. The summed E-state index contributed by atoms with van der Waals surface area (Å²) in [7, 11) is 0. The van der Waals surface area contributed by atoms with E-state index in [-0.39, 0.29) is 6.42 Å². The Bertz CT molecular complexity index is 142. The topological polar surface area (TPSA) is 57.5 Å². The fraction of sp³-hybridized carbons (Fsp3) is 0.500. The maximum atomic E-state index is 10.6. The van der Waals surface area contributed by atoms with Gasteiger partial charge in [-0.15, -0.1) is 0 Å². The second-order valence-electron chi connectivity index (χ2n) is 1.68. The van der Waals surface area contributed by atoms with Gasteiger partial charge in [0.25, 0.3) is 0 Å². The van der Waals surface area contributed by atoms with Crippen LogP contribution in [-0.4, -0.2) is 28.0 Å². The fourth-order valence-corrected chi connectivity index (χ4v) is 0.784. The van der Waals surface area contributed by atoms with Gasteiger partial charge >= 0.3 is 0 Å². The molecular formula is C6H10O3S. The molecule has 0 aromatic heterocycles. The summed E-state index contributed by atoms with van der Waals surface area (Å²) in [5.41, 5.74) is 0. The van der Waals surface area contributed by atoms with Crippen molar-refractivity contribution in [3.63, 3.8) is 0 Å². The van der Waals surface area contributed by atoms with Crippen molar-refractivity contribution in [3.8, 4) is 0 Å². The molecule has 0 aliphatic carbocycles. The summed E-state index contributed by atoms with van der Waals surface area (Å²) in [6.45, 7) is 0. The van der Waals surface area contributed by atoms with E-state index in [0.717, 1.165) is 0 Å². The normalized spacial score (nSPS) is 11.5. The summed E-state index contributed by atoms with van der Waals surface area (Å²) in [6.07, 6.45) is 2.56. The fourth-order valence-electron chi connectivity index (χ4n) is 0.395. The van der Waals surface area contributed by atoms with Crippen LogP contribution in [0.1, 0.15) is 6.42 Å². The standard InChI is InChI=1S/C6H10O3S/c1-10-3-2-5(8)6(9)4-7/h4,7,9H,2-3H2,1H3/b6-4-. The van der Waals surface area contributed by atoms with E-state index in [2.05, 4.69) is 0 Å². The zero-order chi connectivity index (χ0) is 7.98. The molecule has 0 aliphatic rings.